The van der Waals surface area contributed by atoms with Gasteiger partial charge in [-0.25, -0.2) is 0 Å². The standard InChI is InChI=1S/C16H13ClF3NO2/c17-13-5-1-3-11(7-13)9-21-15(22)10-23-14-6-2-4-12(8-14)16(18,19)20/h1-8H,9-10H2,(H,21,22). The van der Waals surface area contributed by atoms with Crippen LogP contribution in [-0.4, -0.2) is 12.5 Å². The minimum Gasteiger partial charge on any atom is -0.484 e. The van der Waals surface area contributed by atoms with Crippen LogP contribution in [0.4, 0.5) is 13.2 Å². The third-order valence-electron chi connectivity index (χ3n) is 2.91. The molecular formula is C16H13ClF3NO2. The molecule has 0 unspecified atom stereocenters. The number of hydrogen-bond acceptors (Lipinski definition) is 2. The molecule has 0 radical (unpaired) electrons. The first-order chi connectivity index (χ1) is 10.8. The first-order valence-electron chi connectivity index (χ1n) is 6.66. The van der Waals surface area contributed by atoms with Crippen LogP contribution in [0, 0.1) is 0 Å². The Bertz CT molecular complexity index is 689. The van der Waals surface area contributed by atoms with E-state index in [1.165, 1.54) is 12.1 Å². The van der Waals surface area contributed by atoms with E-state index in [4.69, 9.17) is 16.3 Å². The van der Waals surface area contributed by atoms with Crippen LogP contribution in [0.25, 0.3) is 0 Å². The molecule has 2 aromatic carbocycles. The van der Waals surface area contributed by atoms with E-state index in [1.54, 1.807) is 24.3 Å². The molecule has 0 atom stereocenters. The Balaban J connectivity index is 1.85. The number of halogens is 4. The third-order valence-corrected chi connectivity index (χ3v) is 3.15. The van der Waals surface area contributed by atoms with Gasteiger partial charge < -0.3 is 10.1 Å². The van der Waals surface area contributed by atoms with Crippen molar-refractivity contribution in [3.63, 3.8) is 0 Å². The molecule has 2 rings (SSSR count). The highest BCUT2D eigenvalue weighted by molar-refractivity contribution is 6.30. The molecule has 23 heavy (non-hydrogen) atoms. The highest BCUT2D eigenvalue weighted by atomic mass is 35.5. The van der Waals surface area contributed by atoms with Gasteiger partial charge in [0, 0.05) is 11.6 Å². The number of benzene rings is 2. The third kappa shape index (κ3) is 5.49. The molecule has 0 aliphatic heterocycles. The van der Waals surface area contributed by atoms with Crippen molar-refractivity contribution >= 4 is 17.5 Å². The predicted octanol–water partition coefficient (Wildman–Crippen LogP) is 4.05. The molecule has 1 N–H and O–H groups in total. The largest absolute Gasteiger partial charge is 0.484 e. The zero-order valence-corrected chi connectivity index (χ0v) is 12.6. The summed E-state index contributed by atoms with van der Waals surface area (Å²) < 4.78 is 42.8. The Morgan fingerprint density at radius 2 is 1.87 bits per heavy atom. The lowest BCUT2D eigenvalue weighted by atomic mass is 10.2. The Kier molecular flexibility index (Phi) is 5.50. The molecule has 0 aromatic heterocycles. The van der Waals surface area contributed by atoms with E-state index in [2.05, 4.69) is 5.32 Å². The normalized spacial score (nSPS) is 11.1. The lowest BCUT2D eigenvalue weighted by molar-refractivity contribution is -0.137. The summed E-state index contributed by atoms with van der Waals surface area (Å²) in [7, 11) is 0. The lowest BCUT2D eigenvalue weighted by Gasteiger charge is -2.10. The SMILES string of the molecule is O=C(COc1cccc(C(F)(F)F)c1)NCc1cccc(Cl)c1. The average molecular weight is 344 g/mol. The van der Waals surface area contributed by atoms with E-state index in [-0.39, 0.29) is 18.9 Å². The summed E-state index contributed by atoms with van der Waals surface area (Å²) in [4.78, 5) is 11.7. The number of carbonyl (C=O) groups is 1. The molecule has 1 amide bonds. The van der Waals surface area contributed by atoms with Crippen LogP contribution in [0.5, 0.6) is 5.75 Å². The van der Waals surface area contributed by atoms with E-state index in [9.17, 15) is 18.0 Å². The Morgan fingerprint density at radius 3 is 2.57 bits per heavy atom. The summed E-state index contributed by atoms with van der Waals surface area (Å²) in [6.45, 7) is -0.118. The van der Waals surface area contributed by atoms with Gasteiger partial charge in [-0.2, -0.15) is 13.2 Å². The molecule has 3 nitrogen and oxygen atoms in total. The fourth-order valence-corrected chi connectivity index (χ4v) is 2.02. The van der Waals surface area contributed by atoms with Crippen molar-refractivity contribution in [3.05, 3.63) is 64.7 Å². The summed E-state index contributed by atoms with van der Waals surface area (Å²) in [5.74, 6) is -0.458. The molecule has 122 valence electrons. The summed E-state index contributed by atoms with van der Waals surface area (Å²) in [5, 5.41) is 3.15. The maximum Gasteiger partial charge on any atom is 0.416 e. The smallest absolute Gasteiger partial charge is 0.416 e. The monoisotopic (exact) mass is 343 g/mol. The number of rotatable bonds is 5. The van der Waals surface area contributed by atoms with E-state index >= 15 is 0 Å². The quantitative estimate of drug-likeness (QED) is 0.889. The fraction of sp³-hybridized carbons (Fsp3) is 0.188. The summed E-state index contributed by atoms with van der Waals surface area (Å²) in [5.41, 5.74) is -0.0146. The average Bonchev–Trinajstić information content (AvgIpc) is 2.50. The zero-order chi connectivity index (χ0) is 16.9. The van der Waals surface area contributed by atoms with E-state index < -0.39 is 17.6 Å². The maximum absolute atomic E-state index is 12.6. The number of ether oxygens (including phenoxy) is 1. The zero-order valence-electron chi connectivity index (χ0n) is 11.9. The van der Waals surface area contributed by atoms with Gasteiger partial charge in [-0.05, 0) is 35.9 Å². The van der Waals surface area contributed by atoms with E-state index in [1.807, 2.05) is 0 Å². The first-order valence-corrected chi connectivity index (χ1v) is 7.03. The molecule has 0 heterocycles. The summed E-state index contributed by atoms with van der Waals surface area (Å²) in [6.07, 6.45) is -4.45. The van der Waals surface area contributed by atoms with E-state index in [0.717, 1.165) is 17.7 Å². The van der Waals surface area contributed by atoms with Gasteiger partial charge in [0.25, 0.3) is 5.91 Å². The van der Waals surface area contributed by atoms with Crippen LogP contribution in [0.1, 0.15) is 11.1 Å². The molecule has 0 aliphatic carbocycles. The maximum atomic E-state index is 12.6. The van der Waals surface area contributed by atoms with Gasteiger partial charge in [0.1, 0.15) is 5.75 Å². The Labute approximate surface area is 136 Å². The minimum absolute atomic E-state index is 0.0160. The van der Waals surface area contributed by atoms with Crippen LogP contribution in [-0.2, 0) is 17.5 Å². The van der Waals surface area contributed by atoms with Crippen LogP contribution in [0.3, 0.4) is 0 Å². The van der Waals surface area contributed by atoms with Crippen LogP contribution >= 0.6 is 11.6 Å². The second-order valence-corrected chi connectivity index (χ2v) is 5.16. The Morgan fingerprint density at radius 1 is 1.13 bits per heavy atom. The number of carbonyl (C=O) groups excluding carboxylic acids is 1. The van der Waals surface area contributed by atoms with Crippen molar-refractivity contribution in [2.24, 2.45) is 0 Å². The molecular weight excluding hydrogens is 331 g/mol. The lowest BCUT2D eigenvalue weighted by Crippen LogP contribution is -2.28. The van der Waals surface area contributed by atoms with Crippen molar-refractivity contribution in [2.45, 2.75) is 12.7 Å². The molecule has 0 bridgehead atoms. The van der Waals surface area contributed by atoms with Crippen molar-refractivity contribution in [1.29, 1.82) is 0 Å². The first kappa shape index (κ1) is 17.1. The van der Waals surface area contributed by atoms with Gasteiger partial charge in [0.05, 0.1) is 5.56 Å². The predicted molar refractivity (Wildman–Crippen MR) is 80.2 cm³/mol. The summed E-state index contributed by atoms with van der Waals surface area (Å²) >= 11 is 5.82. The van der Waals surface area contributed by atoms with Gasteiger partial charge in [-0.1, -0.05) is 29.8 Å². The van der Waals surface area contributed by atoms with E-state index in [0.29, 0.717) is 5.02 Å². The fourth-order valence-electron chi connectivity index (χ4n) is 1.81. The molecule has 0 fully saturated rings. The van der Waals surface area contributed by atoms with Crippen molar-refractivity contribution < 1.29 is 22.7 Å². The van der Waals surface area contributed by atoms with Gasteiger partial charge >= 0.3 is 6.18 Å². The van der Waals surface area contributed by atoms with Gasteiger partial charge in [0.15, 0.2) is 6.61 Å². The van der Waals surface area contributed by atoms with Crippen molar-refractivity contribution in [2.75, 3.05) is 6.61 Å². The second kappa shape index (κ2) is 7.37. The minimum atomic E-state index is -4.45. The number of nitrogens with one attached hydrogen (secondary N) is 1. The number of amides is 1. The van der Waals surface area contributed by atoms with Crippen LogP contribution in [0.15, 0.2) is 48.5 Å². The van der Waals surface area contributed by atoms with Gasteiger partial charge in [0.2, 0.25) is 0 Å². The topological polar surface area (TPSA) is 38.3 Å². The van der Waals surface area contributed by atoms with Gasteiger partial charge in [-0.3, -0.25) is 4.79 Å². The van der Waals surface area contributed by atoms with Crippen molar-refractivity contribution in [1.82, 2.24) is 5.32 Å². The Hall–Kier alpha value is -2.21. The van der Waals surface area contributed by atoms with Crippen molar-refractivity contribution in [3.8, 4) is 5.75 Å². The van der Waals surface area contributed by atoms with Crippen LogP contribution < -0.4 is 10.1 Å². The molecule has 7 heteroatoms. The summed E-state index contributed by atoms with van der Waals surface area (Å²) in [6, 6.07) is 11.3. The molecule has 2 aromatic rings. The molecule has 0 saturated carbocycles. The van der Waals surface area contributed by atoms with Crippen LogP contribution in [0.2, 0.25) is 5.02 Å². The molecule has 0 saturated heterocycles. The molecule has 0 aliphatic rings. The highest BCUT2D eigenvalue weighted by Crippen LogP contribution is 2.31. The highest BCUT2D eigenvalue weighted by Gasteiger charge is 2.30. The number of hydrogen-bond donors (Lipinski definition) is 1. The van der Waals surface area contributed by atoms with Gasteiger partial charge in [-0.15, -0.1) is 0 Å². The number of alkyl halides is 3. The molecule has 0 spiro atoms. The second-order valence-electron chi connectivity index (χ2n) is 4.72.